The van der Waals surface area contributed by atoms with Crippen molar-refractivity contribution in [2.75, 3.05) is 26.2 Å². The normalized spacial score (nSPS) is 21.6. The second kappa shape index (κ2) is 3.89. The summed E-state index contributed by atoms with van der Waals surface area (Å²) in [5, 5.41) is 10.3. The number of nitrogens with one attached hydrogen (secondary N) is 2. The molecule has 1 aliphatic rings. The van der Waals surface area contributed by atoms with Crippen molar-refractivity contribution in [1.29, 1.82) is 0 Å². The zero-order valence-electron chi connectivity index (χ0n) is 7.95. The van der Waals surface area contributed by atoms with Crippen molar-refractivity contribution in [2.45, 2.75) is 13.0 Å². The van der Waals surface area contributed by atoms with E-state index in [9.17, 15) is 0 Å². The summed E-state index contributed by atoms with van der Waals surface area (Å²) in [5.74, 6) is 0. The fourth-order valence-electron chi connectivity index (χ4n) is 1.77. The molecule has 2 rings (SSSR count). The minimum atomic E-state index is 0.463. The Balaban J connectivity index is 1.99. The first kappa shape index (κ1) is 8.72. The first-order chi connectivity index (χ1) is 6.38. The molecule has 0 aromatic carbocycles. The van der Waals surface area contributed by atoms with E-state index in [0.717, 1.165) is 26.2 Å². The quantitative estimate of drug-likeness (QED) is 0.691. The monoisotopic (exact) mass is 180 g/mol. The Morgan fingerprint density at radius 2 is 2.23 bits per heavy atom. The highest BCUT2D eigenvalue weighted by molar-refractivity contribution is 5.03. The van der Waals surface area contributed by atoms with Gasteiger partial charge < -0.3 is 5.32 Å². The highest BCUT2D eigenvalue weighted by Crippen LogP contribution is 2.17. The standard InChI is InChI=1S/C9H16N4/c1-8(9-2-3-11-12-9)13-6-4-10-5-7-13/h2-3,8,10H,4-7H2,1H3,(H,11,12). The molecule has 0 amide bonds. The summed E-state index contributed by atoms with van der Waals surface area (Å²) in [6.45, 7) is 6.66. The average molecular weight is 180 g/mol. The zero-order valence-corrected chi connectivity index (χ0v) is 7.95. The third kappa shape index (κ3) is 1.89. The fourth-order valence-corrected chi connectivity index (χ4v) is 1.77. The highest BCUT2D eigenvalue weighted by Gasteiger charge is 2.18. The van der Waals surface area contributed by atoms with Crippen LogP contribution in [0.1, 0.15) is 18.7 Å². The van der Waals surface area contributed by atoms with Gasteiger partial charge in [0.15, 0.2) is 0 Å². The van der Waals surface area contributed by atoms with Crippen LogP contribution in [-0.2, 0) is 0 Å². The van der Waals surface area contributed by atoms with E-state index in [1.165, 1.54) is 5.69 Å². The Bertz CT molecular complexity index is 238. The van der Waals surface area contributed by atoms with E-state index >= 15 is 0 Å². The molecule has 2 heterocycles. The number of hydrogen-bond donors (Lipinski definition) is 2. The van der Waals surface area contributed by atoms with E-state index in [-0.39, 0.29) is 0 Å². The number of nitrogens with zero attached hydrogens (tertiary/aromatic N) is 2. The van der Waals surface area contributed by atoms with Gasteiger partial charge in [0.2, 0.25) is 0 Å². The van der Waals surface area contributed by atoms with Gasteiger partial charge in [0, 0.05) is 38.4 Å². The van der Waals surface area contributed by atoms with Crippen molar-refractivity contribution in [2.24, 2.45) is 0 Å². The van der Waals surface area contributed by atoms with Gasteiger partial charge in [0.1, 0.15) is 0 Å². The van der Waals surface area contributed by atoms with Crippen LogP contribution in [0.2, 0.25) is 0 Å². The van der Waals surface area contributed by atoms with Gasteiger partial charge in [-0.1, -0.05) is 0 Å². The maximum absolute atomic E-state index is 3.97. The van der Waals surface area contributed by atoms with Crippen LogP contribution < -0.4 is 5.32 Å². The van der Waals surface area contributed by atoms with Crippen molar-refractivity contribution < 1.29 is 0 Å². The molecular formula is C9H16N4. The van der Waals surface area contributed by atoms with Crippen molar-refractivity contribution in [3.8, 4) is 0 Å². The van der Waals surface area contributed by atoms with Crippen molar-refractivity contribution >= 4 is 0 Å². The summed E-state index contributed by atoms with van der Waals surface area (Å²) in [6, 6.07) is 2.51. The minimum Gasteiger partial charge on any atom is -0.314 e. The largest absolute Gasteiger partial charge is 0.314 e. The van der Waals surface area contributed by atoms with Crippen molar-refractivity contribution in [3.63, 3.8) is 0 Å². The number of H-pyrrole nitrogens is 1. The molecule has 0 bridgehead atoms. The summed E-state index contributed by atoms with van der Waals surface area (Å²) in [6.07, 6.45) is 1.81. The van der Waals surface area contributed by atoms with Gasteiger partial charge in [-0.15, -0.1) is 0 Å². The molecule has 4 heteroatoms. The third-order valence-corrected chi connectivity index (χ3v) is 2.67. The predicted octanol–water partition coefficient (Wildman–Crippen LogP) is 0.376. The van der Waals surface area contributed by atoms with Gasteiger partial charge in [-0.2, -0.15) is 5.10 Å². The van der Waals surface area contributed by atoms with E-state index in [0.29, 0.717) is 6.04 Å². The lowest BCUT2D eigenvalue weighted by Crippen LogP contribution is -2.44. The molecule has 72 valence electrons. The highest BCUT2D eigenvalue weighted by atomic mass is 15.2. The fraction of sp³-hybridized carbons (Fsp3) is 0.667. The summed E-state index contributed by atoms with van der Waals surface area (Å²) >= 11 is 0. The Morgan fingerprint density at radius 3 is 2.85 bits per heavy atom. The summed E-state index contributed by atoms with van der Waals surface area (Å²) in [7, 11) is 0. The lowest BCUT2D eigenvalue weighted by atomic mass is 10.2. The molecule has 1 atom stereocenters. The van der Waals surface area contributed by atoms with Gasteiger partial charge in [0.25, 0.3) is 0 Å². The molecule has 1 fully saturated rings. The Morgan fingerprint density at radius 1 is 1.46 bits per heavy atom. The minimum absolute atomic E-state index is 0.463. The maximum atomic E-state index is 3.97. The number of rotatable bonds is 2. The van der Waals surface area contributed by atoms with Crippen LogP contribution in [0.25, 0.3) is 0 Å². The van der Waals surface area contributed by atoms with Crippen LogP contribution in [-0.4, -0.2) is 41.3 Å². The van der Waals surface area contributed by atoms with Gasteiger partial charge >= 0.3 is 0 Å². The molecule has 0 spiro atoms. The van der Waals surface area contributed by atoms with Gasteiger partial charge in [0.05, 0.1) is 5.69 Å². The summed E-state index contributed by atoms with van der Waals surface area (Å²) in [4.78, 5) is 2.46. The third-order valence-electron chi connectivity index (χ3n) is 2.67. The molecule has 0 radical (unpaired) electrons. The molecule has 2 N–H and O–H groups in total. The van der Waals surface area contributed by atoms with E-state index in [2.05, 4.69) is 27.3 Å². The molecular weight excluding hydrogens is 164 g/mol. The summed E-state index contributed by atoms with van der Waals surface area (Å²) < 4.78 is 0. The molecule has 1 saturated heterocycles. The Kier molecular flexibility index (Phi) is 2.61. The first-order valence-corrected chi connectivity index (χ1v) is 4.82. The lowest BCUT2D eigenvalue weighted by Gasteiger charge is -2.31. The van der Waals surface area contributed by atoms with Crippen LogP contribution in [0.3, 0.4) is 0 Å². The molecule has 1 unspecified atom stereocenters. The maximum Gasteiger partial charge on any atom is 0.0520 e. The number of piperazine rings is 1. The van der Waals surface area contributed by atoms with E-state index < -0.39 is 0 Å². The Labute approximate surface area is 78.3 Å². The predicted molar refractivity (Wildman–Crippen MR) is 51.4 cm³/mol. The summed E-state index contributed by atoms with van der Waals surface area (Å²) in [5.41, 5.74) is 1.21. The number of hydrogen-bond acceptors (Lipinski definition) is 3. The molecule has 4 nitrogen and oxygen atoms in total. The van der Waals surface area contributed by atoms with Crippen LogP contribution in [0.4, 0.5) is 0 Å². The SMILES string of the molecule is CC(c1ccn[nH]1)N1CCNCC1. The smallest absolute Gasteiger partial charge is 0.0520 e. The van der Waals surface area contributed by atoms with E-state index in [1.807, 2.05) is 12.3 Å². The van der Waals surface area contributed by atoms with Crippen LogP contribution in [0.5, 0.6) is 0 Å². The molecule has 13 heavy (non-hydrogen) atoms. The number of aromatic nitrogens is 2. The number of aromatic amines is 1. The average Bonchev–Trinajstić information content (AvgIpc) is 2.71. The molecule has 1 aliphatic heterocycles. The molecule has 0 saturated carbocycles. The van der Waals surface area contributed by atoms with Crippen LogP contribution in [0, 0.1) is 0 Å². The van der Waals surface area contributed by atoms with Gasteiger partial charge in [-0.25, -0.2) is 0 Å². The van der Waals surface area contributed by atoms with Crippen LogP contribution >= 0.6 is 0 Å². The molecule has 1 aromatic heterocycles. The van der Waals surface area contributed by atoms with Gasteiger partial charge in [-0.3, -0.25) is 10.00 Å². The first-order valence-electron chi connectivity index (χ1n) is 4.82. The van der Waals surface area contributed by atoms with Crippen LogP contribution in [0.15, 0.2) is 12.3 Å². The van der Waals surface area contributed by atoms with E-state index in [1.54, 1.807) is 0 Å². The molecule has 0 aliphatic carbocycles. The Hall–Kier alpha value is -0.870. The lowest BCUT2D eigenvalue weighted by molar-refractivity contribution is 0.182. The zero-order chi connectivity index (χ0) is 9.10. The van der Waals surface area contributed by atoms with Crippen molar-refractivity contribution in [1.82, 2.24) is 20.4 Å². The van der Waals surface area contributed by atoms with Crippen molar-refractivity contribution in [3.05, 3.63) is 18.0 Å². The molecule has 1 aromatic rings. The van der Waals surface area contributed by atoms with Gasteiger partial charge in [-0.05, 0) is 13.0 Å². The van der Waals surface area contributed by atoms with E-state index in [4.69, 9.17) is 0 Å². The topological polar surface area (TPSA) is 44.0 Å². The second-order valence-corrected chi connectivity index (χ2v) is 3.47. The second-order valence-electron chi connectivity index (χ2n) is 3.47.